The van der Waals surface area contributed by atoms with Crippen molar-refractivity contribution in [1.29, 1.82) is 0 Å². The summed E-state index contributed by atoms with van der Waals surface area (Å²) >= 11 is 0. The first-order valence-corrected chi connectivity index (χ1v) is 4.43. The molecule has 0 saturated heterocycles. The number of carbonyl (C=O) groups excluding carboxylic acids is 1. The molecule has 15 heavy (non-hydrogen) atoms. The summed E-state index contributed by atoms with van der Waals surface area (Å²) < 4.78 is 5.06. The van der Waals surface area contributed by atoms with Crippen molar-refractivity contribution in [2.75, 3.05) is 5.01 Å². The maximum atomic E-state index is 11.5. The number of hydrogen-bond acceptors (Lipinski definition) is 5. The minimum absolute atomic E-state index is 0.381. The largest absolute Gasteiger partial charge is 0.442 e. The molecule has 0 spiro atoms. The van der Waals surface area contributed by atoms with Gasteiger partial charge in [0.1, 0.15) is 17.6 Å². The van der Waals surface area contributed by atoms with Crippen LogP contribution in [0.1, 0.15) is 20.8 Å². The lowest BCUT2D eigenvalue weighted by molar-refractivity contribution is 0.0580. The Hall–Kier alpha value is -1.69. The summed E-state index contributed by atoms with van der Waals surface area (Å²) in [7, 11) is 0. The predicted octanol–water partition coefficient (Wildman–Crippen LogP) is 1.09. The van der Waals surface area contributed by atoms with Gasteiger partial charge < -0.3 is 4.74 Å². The summed E-state index contributed by atoms with van der Waals surface area (Å²) in [4.78, 5) is 19.0. The molecule has 0 atom stereocenters. The minimum atomic E-state index is -0.641. The highest BCUT2D eigenvalue weighted by Gasteiger charge is 2.21. The van der Waals surface area contributed by atoms with Gasteiger partial charge in [-0.15, -0.1) is 0 Å². The molecule has 1 aromatic rings. The molecule has 1 amide bonds. The number of hydrogen-bond donors (Lipinski definition) is 1. The van der Waals surface area contributed by atoms with Crippen LogP contribution < -0.4 is 10.9 Å². The molecule has 0 saturated carbocycles. The van der Waals surface area contributed by atoms with E-state index in [9.17, 15) is 4.79 Å². The van der Waals surface area contributed by atoms with Gasteiger partial charge in [0, 0.05) is 0 Å². The normalized spacial score (nSPS) is 10.9. The molecule has 0 bridgehead atoms. The van der Waals surface area contributed by atoms with Gasteiger partial charge in [-0.25, -0.2) is 25.6 Å². The smallest absolute Gasteiger partial charge is 0.429 e. The Morgan fingerprint density at radius 2 is 1.93 bits per heavy atom. The molecule has 1 heterocycles. The summed E-state index contributed by atoms with van der Waals surface area (Å²) in [5, 5.41) is 0.866. The summed E-state index contributed by atoms with van der Waals surface area (Å²) in [5.41, 5.74) is -0.198. The van der Waals surface area contributed by atoms with Gasteiger partial charge in [0.15, 0.2) is 0 Å². The molecular formula is C9H14N4O2. The monoisotopic (exact) mass is 210 g/mol. The maximum absolute atomic E-state index is 11.5. The molecule has 0 aromatic carbocycles. The van der Waals surface area contributed by atoms with E-state index in [1.807, 2.05) is 0 Å². The van der Waals surface area contributed by atoms with Crippen LogP contribution in [-0.2, 0) is 4.74 Å². The predicted molar refractivity (Wildman–Crippen MR) is 54.9 cm³/mol. The van der Waals surface area contributed by atoms with E-state index in [4.69, 9.17) is 10.6 Å². The third kappa shape index (κ3) is 3.51. The van der Waals surface area contributed by atoms with Crippen molar-refractivity contribution in [2.24, 2.45) is 5.84 Å². The minimum Gasteiger partial charge on any atom is -0.442 e. The quantitative estimate of drug-likeness (QED) is 0.426. The number of nitrogens with zero attached hydrogens (tertiary/aromatic N) is 3. The van der Waals surface area contributed by atoms with Crippen LogP contribution >= 0.6 is 0 Å². The van der Waals surface area contributed by atoms with Gasteiger partial charge >= 0.3 is 6.09 Å². The fraction of sp³-hybridized carbons (Fsp3) is 0.444. The number of aromatic nitrogens is 2. The summed E-state index contributed by atoms with van der Waals surface area (Å²) in [6.07, 6.45) is 3.57. The van der Waals surface area contributed by atoms with Crippen LogP contribution in [-0.4, -0.2) is 21.7 Å². The number of nitrogens with two attached hydrogens (primary N) is 1. The number of amides is 1. The number of ether oxygens (including phenoxy) is 1. The van der Waals surface area contributed by atoms with Crippen molar-refractivity contribution >= 4 is 11.8 Å². The van der Waals surface area contributed by atoms with Crippen molar-refractivity contribution in [3.8, 4) is 0 Å². The highest BCUT2D eigenvalue weighted by atomic mass is 16.6. The second-order valence-corrected chi connectivity index (χ2v) is 3.95. The molecule has 1 rings (SSSR count). The Morgan fingerprint density at radius 3 is 2.40 bits per heavy atom. The number of hydrazine groups is 1. The van der Waals surface area contributed by atoms with E-state index >= 15 is 0 Å². The van der Waals surface area contributed by atoms with Gasteiger partial charge in [0.05, 0.1) is 12.4 Å². The number of rotatable bonds is 1. The fourth-order valence-corrected chi connectivity index (χ4v) is 0.832. The van der Waals surface area contributed by atoms with Crippen LogP contribution in [0.25, 0.3) is 0 Å². The van der Waals surface area contributed by atoms with Crippen LogP contribution in [0.2, 0.25) is 0 Å². The summed E-state index contributed by atoms with van der Waals surface area (Å²) in [5.74, 6) is 5.52. The Balaban J connectivity index is 2.70. The zero-order valence-corrected chi connectivity index (χ0v) is 8.97. The van der Waals surface area contributed by atoms with Gasteiger partial charge in [0.2, 0.25) is 0 Å². The Bertz CT molecular complexity index is 334. The average molecular weight is 210 g/mol. The molecule has 2 N–H and O–H groups in total. The molecule has 0 aliphatic rings. The second kappa shape index (κ2) is 4.22. The zero-order valence-electron chi connectivity index (χ0n) is 8.97. The fourth-order valence-electron chi connectivity index (χ4n) is 0.832. The van der Waals surface area contributed by atoms with Crippen LogP contribution in [0.15, 0.2) is 18.7 Å². The van der Waals surface area contributed by atoms with E-state index in [0.29, 0.717) is 5.69 Å². The first kappa shape index (κ1) is 11.4. The topological polar surface area (TPSA) is 81.3 Å². The molecule has 0 aliphatic heterocycles. The van der Waals surface area contributed by atoms with Crippen LogP contribution in [0, 0.1) is 0 Å². The summed E-state index contributed by atoms with van der Waals surface area (Å²) in [6.45, 7) is 5.29. The second-order valence-electron chi connectivity index (χ2n) is 3.95. The molecule has 0 aliphatic carbocycles. The first-order chi connectivity index (χ1) is 6.90. The Kier molecular flexibility index (Phi) is 3.21. The molecule has 0 fully saturated rings. The van der Waals surface area contributed by atoms with Crippen molar-refractivity contribution < 1.29 is 9.53 Å². The SMILES string of the molecule is CC(C)(C)OC(=O)N(N)c1cncnc1. The van der Waals surface area contributed by atoms with E-state index in [2.05, 4.69) is 9.97 Å². The summed E-state index contributed by atoms with van der Waals surface area (Å²) in [6, 6.07) is 0. The lowest BCUT2D eigenvalue weighted by Crippen LogP contribution is -2.41. The molecule has 82 valence electrons. The van der Waals surface area contributed by atoms with Crippen molar-refractivity contribution in [3.63, 3.8) is 0 Å². The lowest BCUT2D eigenvalue weighted by atomic mass is 10.2. The third-order valence-electron chi connectivity index (χ3n) is 1.42. The Morgan fingerprint density at radius 1 is 1.40 bits per heavy atom. The zero-order chi connectivity index (χ0) is 11.5. The van der Waals surface area contributed by atoms with Gasteiger partial charge in [-0.1, -0.05) is 0 Å². The first-order valence-electron chi connectivity index (χ1n) is 4.43. The molecule has 1 aromatic heterocycles. The van der Waals surface area contributed by atoms with E-state index < -0.39 is 11.7 Å². The number of carbonyl (C=O) groups is 1. The van der Waals surface area contributed by atoms with Gasteiger partial charge in [-0.3, -0.25) is 0 Å². The van der Waals surface area contributed by atoms with Gasteiger partial charge in [0.25, 0.3) is 0 Å². The van der Waals surface area contributed by atoms with Crippen LogP contribution in [0.3, 0.4) is 0 Å². The molecule has 0 unspecified atom stereocenters. The third-order valence-corrected chi connectivity index (χ3v) is 1.42. The Labute approximate surface area is 88.0 Å². The number of anilines is 1. The lowest BCUT2D eigenvalue weighted by Gasteiger charge is -2.23. The van der Waals surface area contributed by atoms with Gasteiger partial charge in [-0.05, 0) is 20.8 Å². The van der Waals surface area contributed by atoms with Gasteiger partial charge in [-0.2, -0.15) is 0 Å². The maximum Gasteiger partial charge on any atom is 0.429 e. The van der Waals surface area contributed by atoms with Crippen LogP contribution in [0.4, 0.5) is 10.5 Å². The van der Waals surface area contributed by atoms with E-state index in [1.54, 1.807) is 20.8 Å². The van der Waals surface area contributed by atoms with Crippen molar-refractivity contribution in [1.82, 2.24) is 9.97 Å². The average Bonchev–Trinajstić information content (AvgIpc) is 2.15. The standard InChI is InChI=1S/C9H14N4O2/c1-9(2,3)15-8(14)13(10)7-4-11-6-12-5-7/h4-6H,10H2,1-3H3. The molecule has 6 heteroatoms. The highest BCUT2D eigenvalue weighted by molar-refractivity contribution is 5.85. The van der Waals surface area contributed by atoms with E-state index in [1.165, 1.54) is 18.7 Å². The van der Waals surface area contributed by atoms with Crippen molar-refractivity contribution in [2.45, 2.75) is 26.4 Å². The molecule has 6 nitrogen and oxygen atoms in total. The highest BCUT2D eigenvalue weighted by Crippen LogP contribution is 2.12. The molecule has 0 radical (unpaired) electrons. The van der Waals surface area contributed by atoms with Crippen molar-refractivity contribution in [3.05, 3.63) is 18.7 Å². The molecular weight excluding hydrogens is 196 g/mol. The van der Waals surface area contributed by atoms with Crippen LogP contribution in [0.5, 0.6) is 0 Å². The van der Waals surface area contributed by atoms with E-state index in [0.717, 1.165) is 5.01 Å². The van der Waals surface area contributed by atoms with E-state index in [-0.39, 0.29) is 0 Å².